The lowest BCUT2D eigenvalue weighted by molar-refractivity contribution is -0.115. The Bertz CT molecular complexity index is 628. The van der Waals surface area contributed by atoms with E-state index in [-0.39, 0.29) is 23.6 Å². The van der Waals surface area contributed by atoms with E-state index in [4.69, 9.17) is 4.42 Å². The predicted octanol–water partition coefficient (Wildman–Crippen LogP) is 1.80. The lowest BCUT2D eigenvalue weighted by atomic mass is 9.98. The number of nitrogens with one attached hydrogen (secondary N) is 2. The summed E-state index contributed by atoms with van der Waals surface area (Å²) < 4.78 is 4.92. The number of rotatable bonds is 4. The summed E-state index contributed by atoms with van der Waals surface area (Å²) in [7, 11) is 0. The minimum atomic E-state index is -0.442. The lowest BCUT2D eigenvalue weighted by Crippen LogP contribution is -2.32. The van der Waals surface area contributed by atoms with Gasteiger partial charge in [-0.05, 0) is 12.1 Å². The molecule has 0 saturated heterocycles. The number of hydrogen-bond donors (Lipinski definition) is 2. The van der Waals surface area contributed by atoms with Crippen molar-refractivity contribution in [2.75, 3.05) is 11.9 Å². The molecule has 0 bridgehead atoms. The van der Waals surface area contributed by atoms with Crippen LogP contribution in [0.25, 0.3) is 0 Å². The number of aromatic nitrogens is 2. The zero-order valence-electron chi connectivity index (χ0n) is 12.0. The van der Waals surface area contributed by atoms with Crippen LogP contribution < -0.4 is 10.6 Å². The molecule has 7 nitrogen and oxygen atoms in total. The van der Waals surface area contributed by atoms with E-state index in [1.807, 2.05) is 20.8 Å². The first-order valence-electron chi connectivity index (χ1n) is 6.32. The van der Waals surface area contributed by atoms with Gasteiger partial charge in [0.25, 0.3) is 5.91 Å². The number of furan rings is 1. The Labute approximate surface area is 125 Å². The van der Waals surface area contributed by atoms with E-state index in [1.54, 1.807) is 6.07 Å². The Morgan fingerprint density at radius 2 is 2.10 bits per heavy atom. The van der Waals surface area contributed by atoms with Gasteiger partial charge in [0.1, 0.15) is 5.01 Å². The Hall–Kier alpha value is -2.22. The molecule has 0 spiro atoms. The molecule has 2 amide bonds. The van der Waals surface area contributed by atoms with Gasteiger partial charge in [-0.1, -0.05) is 32.1 Å². The maximum atomic E-state index is 11.7. The number of hydrogen-bond acceptors (Lipinski definition) is 6. The fourth-order valence-electron chi connectivity index (χ4n) is 1.40. The summed E-state index contributed by atoms with van der Waals surface area (Å²) in [5, 5.41) is 14.2. The van der Waals surface area contributed by atoms with Crippen LogP contribution in [0.3, 0.4) is 0 Å². The van der Waals surface area contributed by atoms with Crippen LogP contribution in [0.1, 0.15) is 36.3 Å². The van der Waals surface area contributed by atoms with Gasteiger partial charge in [-0.15, -0.1) is 10.2 Å². The van der Waals surface area contributed by atoms with Gasteiger partial charge < -0.3 is 9.73 Å². The molecule has 0 fully saturated rings. The van der Waals surface area contributed by atoms with Crippen molar-refractivity contribution in [1.82, 2.24) is 15.5 Å². The highest BCUT2D eigenvalue weighted by Gasteiger charge is 2.20. The topological polar surface area (TPSA) is 97.1 Å². The highest BCUT2D eigenvalue weighted by atomic mass is 32.1. The molecule has 0 saturated carbocycles. The third-order valence-electron chi connectivity index (χ3n) is 2.47. The quantitative estimate of drug-likeness (QED) is 0.897. The fourth-order valence-corrected chi connectivity index (χ4v) is 2.21. The molecule has 2 aromatic heterocycles. The van der Waals surface area contributed by atoms with E-state index in [0.29, 0.717) is 5.13 Å². The summed E-state index contributed by atoms with van der Waals surface area (Å²) in [5.41, 5.74) is -0.117. The summed E-state index contributed by atoms with van der Waals surface area (Å²) >= 11 is 1.31. The first-order chi connectivity index (χ1) is 9.86. The Morgan fingerprint density at radius 1 is 1.33 bits per heavy atom. The molecule has 112 valence electrons. The molecular weight excluding hydrogens is 292 g/mol. The highest BCUT2D eigenvalue weighted by molar-refractivity contribution is 7.15. The lowest BCUT2D eigenvalue weighted by Gasteiger charge is -2.12. The van der Waals surface area contributed by atoms with Gasteiger partial charge in [0.2, 0.25) is 11.0 Å². The second-order valence-corrected chi connectivity index (χ2v) is 6.35. The molecule has 0 unspecified atom stereocenters. The molecule has 2 rings (SSSR count). The van der Waals surface area contributed by atoms with E-state index >= 15 is 0 Å². The SMILES string of the molecule is CC(C)(C)c1nnc(NC(=O)CNC(=O)c2ccco2)s1. The highest BCUT2D eigenvalue weighted by Crippen LogP contribution is 2.27. The van der Waals surface area contributed by atoms with Crippen molar-refractivity contribution < 1.29 is 14.0 Å². The van der Waals surface area contributed by atoms with Crippen LogP contribution in [0.5, 0.6) is 0 Å². The fraction of sp³-hybridized carbons (Fsp3) is 0.385. The maximum Gasteiger partial charge on any atom is 0.287 e. The standard InChI is InChI=1S/C13H16N4O3S/c1-13(2,3)11-16-17-12(21-11)15-9(18)7-14-10(19)8-5-4-6-20-8/h4-6H,7H2,1-3H3,(H,14,19)(H,15,17,18). The van der Waals surface area contributed by atoms with Crippen molar-refractivity contribution in [3.63, 3.8) is 0 Å². The minimum absolute atomic E-state index is 0.117. The predicted molar refractivity (Wildman–Crippen MR) is 78.3 cm³/mol. The largest absolute Gasteiger partial charge is 0.459 e. The van der Waals surface area contributed by atoms with E-state index in [2.05, 4.69) is 20.8 Å². The van der Waals surface area contributed by atoms with Gasteiger partial charge in [-0.3, -0.25) is 14.9 Å². The summed E-state index contributed by atoms with van der Waals surface area (Å²) in [6.07, 6.45) is 1.39. The van der Waals surface area contributed by atoms with Crippen LogP contribution in [0.4, 0.5) is 5.13 Å². The molecule has 21 heavy (non-hydrogen) atoms. The molecule has 8 heteroatoms. The molecule has 0 aromatic carbocycles. The number of carbonyl (C=O) groups excluding carboxylic acids is 2. The molecule has 0 radical (unpaired) electrons. The van der Waals surface area contributed by atoms with Crippen LogP contribution in [0, 0.1) is 0 Å². The summed E-state index contributed by atoms with van der Waals surface area (Å²) in [6.45, 7) is 5.89. The van der Waals surface area contributed by atoms with Crippen LogP contribution in [-0.2, 0) is 10.2 Å². The number of amides is 2. The molecule has 0 aliphatic rings. The first kappa shape index (κ1) is 15.2. The van der Waals surface area contributed by atoms with Gasteiger partial charge in [0.15, 0.2) is 5.76 Å². The second-order valence-electron chi connectivity index (χ2n) is 5.37. The van der Waals surface area contributed by atoms with Gasteiger partial charge in [-0.2, -0.15) is 0 Å². The van der Waals surface area contributed by atoms with E-state index in [0.717, 1.165) is 5.01 Å². The van der Waals surface area contributed by atoms with E-state index in [9.17, 15) is 9.59 Å². The Kier molecular flexibility index (Phi) is 4.37. The van der Waals surface area contributed by atoms with Crippen LogP contribution in [0.2, 0.25) is 0 Å². The molecule has 0 aliphatic carbocycles. The van der Waals surface area contributed by atoms with E-state index in [1.165, 1.54) is 23.7 Å². The second kappa shape index (κ2) is 6.04. The maximum absolute atomic E-state index is 11.7. The number of anilines is 1. The molecule has 0 aliphatic heterocycles. The van der Waals surface area contributed by atoms with Gasteiger partial charge in [-0.25, -0.2) is 0 Å². The smallest absolute Gasteiger partial charge is 0.287 e. The number of nitrogens with zero attached hydrogens (tertiary/aromatic N) is 2. The number of carbonyl (C=O) groups is 2. The Balaban J connectivity index is 1.85. The Morgan fingerprint density at radius 3 is 2.67 bits per heavy atom. The van der Waals surface area contributed by atoms with Gasteiger partial charge in [0.05, 0.1) is 12.8 Å². The third-order valence-corrected chi connectivity index (χ3v) is 3.73. The minimum Gasteiger partial charge on any atom is -0.459 e. The van der Waals surface area contributed by atoms with Crippen molar-refractivity contribution in [3.8, 4) is 0 Å². The summed E-state index contributed by atoms with van der Waals surface area (Å²) in [6, 6.07) is 3.12. The normalized spacial score (nSPS) is 11.2. The van der Waals surface area contributed by atoms with Crippen molar-refractivity contribution >= 4 is 28.3 Å². The van der Waals surface area contributed by atoms with E-state index < -0.39 is 5.91 Å². The molecule has 2 N–H and O–H groups in total. The third kappa shape index (κ3) is 4.12. The van der Waals surface area contributed by atoms with Crippen LogP contribution in [-0.4, -0.2) is 28.6 Å². The molecular formula is C13H16N4O3S. The average molecular weight is 308 g/mol. The average Bonchev–Trinajstić information content (AvgIpc) is 3.05. The van der Waals surface area contributed by atoms with Gasteiger partial charge >= 0.3 is 0 Å². The summed E-state index contributed by atoms with van der Waals surface area (Å²) in [5.74, 6) is -0.650. The molecule has 2 aromatic rings. The molecule has 2 heterocycles. The van der Waals surface area contributed by atoms with Gasteiger partial charge in [0, 0.05) is 5.41 Å². The summed E-state index contributed by atoms with van der Waals surface area (Å²) in [4.78, 5) is 23.3. The zero-order valence-corrected chi connectivity index (χ0v) is 12.8. The van der Waals surface area contributed by atoms with Crippen molar-refractivity contribution in [3.05, 3.63) is 29.2 Å². The zero-order chi connectivity index (χ0) is 15.5. The monoisotopic (exact) mass is 308 g/mol. The van der Waals surface area contributed by atoms with Crippen molar-refractivity contribution in [2.45, 2.75) is 26.2 Å². The van der Waals surface area contributed by atoms with Crippen LogP contribution in [0.15, 0.2) is 22.8 Å². The van der Waals surface area contributed by atoms with Crippen molar-refractivity contribution in [1.29, 1.82) is 0 Å². The van der Waals surface area contributed by atoms with Crippen molar-refractivity contribution in [2.24, 2.45) is 0 Å². The molecule has 0 atom stereocenters. The first-order valence-corrected chi connectivity index (χ1v) is 7.13. The van der Waals surface area contributed by atoms with Crippen LogP contribution >= 0.6 is 11.3 Å².